The van der Waals surface area contributed by atoms with Gasteiger partial charge in [-0.1, -0.05) is 36.5 Å². The number of alkyl halides is 6. The zero-order valence-electron chi connectivity index (χ0n) is 14.4. The average molecular weight is 413 g/mol. The molecule has 1 aromatic heterocycles. The minimum absolute atomic E-state index is 0.178. The van der Waals surface area contributed by atoms with E-state index in [1.54, 1.807) is 24.0 Å². The van der Waals surface area contributed by atoms with E-state index in [1.165, 1.54) is 24.3 Å². The molecule has 0 bridgehead atoms. The number of aryl methyl sites for hydroxylation is 1. The minimum Gasteiger partial charge on any atom is -0.356 e. The van der Waals surface area contributed by atoms with Crippen molar-refractivity contribution in [1.82, 2.24) is 4.57 Å². The third-order valence-corrected chi connectivity index (χ3v) is 4.60. The number of halogens is 6. The maximum absolute atomic E-state index is 13.0. The predicted octanol–water partition coefficient (Wildman–Crippen LogP) is 7.13. The molecule has 28 heavy (non-hydrogen) atoms. The summed E-state index contributed by atoms with van der Waals surface area (Å²) in [4.78, 5) is 0. The van der Waals surface area contributed by atoms with Crippen molar-refractivity contribution in [2.24, 2.45) is 7.05 Å². The fourth-order valence-corrected chi connectivity index (χ4v) is 3.19. The van der Waals surface area contributed by atoms with E-state index < -0.39 is 23.5 Å². The fourth-order valence-electron chi connectivity index (χ4n) is 2.84. The summed E-state index contributed by atoms with van der Waals surface area (Å²) in [6, 6.07) is 9.34. The minimum atomic E-state index is -4.52. The molecule has 0 aliphatic carbocycles. The van der Waals surface area contributed by atoms with Gasteiger partial charge in [-0.2, -0.15) is 26.3 Å². The molecule has 0 unspecified atom stereocenters. The summed E-state index contributed by atoms with van der Waals surface area (Å²) in [6.07, 6.45) is -5.93. The van der Waals surface area contributed by atoms with Crippen molar-refractivity contribution >= 4 is 12.2 Å². The van der Waals surface area contributed by atoms with E-state index in [2.05, 4.69) is 0 Å². The molecule has 8 heteroatoms. The first-order chi connectivity index (χ1) is 13.0. The van der Waals surface area contributed by atoms with Crippen molar-refractivity contribution in [3.63, 3.8) is 0 Å². The van der Waals surface area contributed by atoms with Crippen LogP contribution in [0, 0.1) is 4.51 Å². The van der Waals surface area contributed by atoms with Gasteiger partial charge in [-0.15, -0.1) is 0 Å². The Balaban J connectivity index is 2.19. The lowest BCUT2D eigenvalue weighted by molar-refractivity contribution is -0.138. The molecule has 146 valence electrons. The van der Waals surface area contributed by atoms with Gasteiger partial charge in [-0.25, -0.2) is 0 Å². The van der Waals surface area contributed by atoms with E-state index >= 15 is 0 Å². The van der Waals surface area contributed by atoms with Crippen LogP contribution in [0.25, 0.3) is 22.3 Å². The van der Waals surface area contributed by atoms with Gasteiger partial charge in [0.2, 0.25) is 0 Å². The molecule has 0 N–H and O–H groups in total. The first-order valence-corrected chi connectivity index (χ1v) is 8.43. The Morgan fingerprint density at radius 1 is 0.714 bits per heavy atom. The Morgan fingerprint density at radius 3 is 1.46 bits per heavy atom. The van der Waals surface area contributed by atoms with Crippen molar-refractivity contribution in [1.29, 1.82) is 0 Å². The molecule has 0 aliphatic rings. The van der Waals surface area contributed by atoms with Gasteiger partial charge in [-0.05, 0) is 35.4 Å². The van der Waals surface area contributed by atoms with E-state index in [9.17, 15) is 26.3 Å². The van der Waals surface area contributed by atoms with E-state index in [4.69, 9.17) is 12.2 Å². The first-order valence-electron chi connectivity index (χ1n) is 8.02. The Labute approximate surface area is 161 Å². The van der Waals surface area contributed by atoms with Crippen LogP contribution in [0.3, 0.4) is 0 Å². The molecular formula is C20H13F6NS. The molecule has 2 aromatic carbocycles. The highest BCUT2D eigenvalue weighted by Crippen LogP contribution is 2.36. The van der Waals surface area contributed by atoms with Gasteiger partial charge in [0.25, 0.3) is 0 Å². The van der Waals surface area contributed by atoms with E-state index in [0.29, 0.717) is 11.1 Å². The van der Waals surface area contributed by atoms with E-state index in [0.717, 1.165) is 24.3 Å². The van der Waals surface area contributed by atoms with Crippen LogP contribution in [-0.2, 0) is 19.4 Å². The van der Waals surface area contributed by atoms with Crippen molar-refractivity contribution in [2.45, 2.75) is 12.4 Å². The van der Waals surface area contributed by atoms with Crippen LogP contribution in [0.15, 0.2) is 60.9 Å². The molecule has 0 fully saturated rings. The number of benzene rings is 2. The number of rotatable bonds is 2. The second-order valence-electron chi connectivity index (χ2n) is 6.24. The molecule has 1 nitrogen and oxygen atoms in total. The Morgan fingerprint density at radius 2 is 1.11 bits per heavy atom. The van der Waals surface area contributed by atoms with Crippen LogP contribution in [0.5, 0.6) is 0 Å². The molecule has 0 atom stereocenters. The topological polar surface area (TPSA) is 4.93 Å². The van der Waals surface area contributed by atoms with Crippen LogP contribution in [0.1, 0.15) is 11.1 Å². The van der Waals surface area contributed by atoms with Gasteiger partial charge >= 0.3 is 12.4 Å². The van der Waals surface area contributed by atoms with Crippen molar-refractivity contribution < 1.29 is 26.3 Å². The van der Waals surface area contributed by atoms with Crippen LogP contribution in [0.4, 0.5) is 26.3 Å². The van der Waals surface area contributed by atoms with Gasteiger partial charge in [-0.3, -0.25) is 0 Å². The number of hydrogen-bond acceptors (Lipinski definition) is 1. The van der Waals surface area contributed by atoms with Gasteiger partial charge in [0.05, 0.1) is 15.6 Å². The molecule has 3 rings (SSSR count). The first kappa shape index (κ1) is 20.1. The third-order valence-electron chi connectivity index (χ3n) is 4.16. The van der Waals surface area contributed by atoms with Gasteiger partial charge in [0.15, 0.2) is 0 Å². The highest BCUT2D eigenvalue weighted by atomic mass is 32.1. The highest BCUT2D eigenvalue weighted by molar-refractivity contribution is 7.71. The molecule has 0 saturated heterocycles. The lowest BCUT2D eigenvalue weighted by atomic mass is 9.99. The molecule has 3 aromatic rings. The maximum Gasteiger partial charge on any atom is 0.416 e. The number of aromatic nitrogens is 1. The number of hydrogen-bond donors (Lipinski definition) is 0. The summed E-state index contributed by atoms with van der Waals surface area (Å²) in [5.74, 6) is 0. The molecule has 0 aliphatic heterocycles. The number of pyridine rings is 1. The Hall–Kier alpha value is -2.61. The average Bonchev–Trinajstić information content (AvgIpc) is 2.62. The van der Waals surface area contributed by atoms with Gasteiger partial charge in [0.1, 0.15) is 0 Å². The number of nitrogens with zero attached hydrogens (tertiary/aromatic N) is 1. The molecule has 0 amide bonds. The monoisotopic (exact) mass is 413 g/mol. The van der Waals surface area contributed by atoms with Gasteiger partial charge in [0, 0.05) is 30.6 Å². The second-order valence-corrected chi connectivity index (χ2v) is 6.65. The van der Waals surface area contributed by atoms with Crippen molar-refractivity contribution in [3.05, 3.63) is 76.6 Å². The van der Waals surface area contributed by atoms with Crippen LogP contribution in [0.2, 0.25) is 0 Å². The zero-order chi connectivity index (χ0) is 20.7. The summed E-state index contributed by atoms with van der Waals surface area (Å²) in [5, 5.41) is 0. The van der Waals surface area contributed by atoms with Crippen LogP contribution in [-0.4, -0.2) is 4.57 Å². The zero-order valence-corrected chi connectivity index (χ0v) is 15.2. The van der Waals surface area contributed by atoms with Crippen LogP contribution >= 0.6 is 12.2 Å². The normalized spacial score (nSPS) is 12.2. The predicted molar refractivity (Wildman–Crippen MR) is 97.1 cm³/mol. The highest BCUT2D eigenvalue weighted by Gasteiger charge is 2.31. The van der Waals surface area contributed by atoms with E-state index in [1.807, 2.05) is 0 Å². The van der Waals surface area contributed by atoms with Crippen molar-refractivity contribution in [3.8, 4) is 22.3 Å². The molecule has 0 spiro atoms. The van der Waals surface area contributed by atoms with E-state index in [-0.39, 0.29) is 15.6 Å². The molecule has 1 heterocycles. The standard InChI is InChI=1S/C20H13F6NS/c1-27-10-16(12-4-2-6-14(8-12)19(21,22)23)18(28)17(11-27)13-5-3-7-15(9-13)20(24,25)26/h2-11H,1H3. The summed E-state index contributed by atoms with van der Waals surface area (Å²) in [5.41, 5.74) is -0.511. The second kappa shape index (κ2) is 7.09. The van der Waals surface area contributed by atoms with Crippen LogP contribution < -0.4 is 0 Å². The molecule has 0 saturated carbocycles. The summed E-state index contributed by atoms with van der Waals surface area (Å²) >= 11 is 5.41. The summed E-state index contributed by atoms with van der Waals surface area (Å²) in [7, 11) is 1.63. The largest absolute Gasteiger partial charge is 0.416 e. The smallest absolute Gasteiger partial charge is 0.356 e. The SMILES string of the molecule is Cn1cc(-c2cccc(C(F)(F)F)c2)c(=S)c(-c2cccc(C(F)(F)F)c2)c1. The maximum atomic E-state index is 13.0. The Bertz CT molecular complexity index is 997. The summed E-state index contributed by atoms with van der Waals surface area (Å²) in [6.45, 7) is 0. The lowest BCUT2D eigenvalue weighted by Crippen LogP contribution is -2.05. The Kier molecular flexibility index (Phi) is 5.10. The third kappa shape index (κ3) is 4.11. The van der Waals surface area contributed by atoms with Gasteiger partial charge < -0.3 is 4.57 Å². The lowest BCUT2D eigenvalue weighted by Gasteiger charge is -2.14. The summed E-state index contributed by atoms with van der Waals surface area (Å²) < 4.78 is 79.9. The molecular weight excluding hydrogens is 400 g/mol. The fraction of sp³-hybridized carbons (Fsp3) is 0.150. The molecule has 0 radical (unpaired) electrons. The van der Waals surface area contributed by atoms with Crippen molar-refractivity contribution in [2.75, 3.05) is 0 Å². The quantitative estimate of drug-likeness (QED) is 0.320.